The van der Waals surface area contributed by atoms with Gasteiger partial charge in [0.15, 0.2) is 0 Å². The Bertz CT molecular complexity index is 2410. The van der Waals surface area contributed by atoms with Crippen molar-refractivity contribution in [2.24, 2.45) is 0 Å². The lowest BCUT2D eigenvalue weighted by molar-refractivity contribution is 0.0972. The Labute approximate surface area is 286 Å². The minimum atomic E-state index is -0.197. The summed E-state index contributed by atoms with van der Waals surface area (Å²) in [6.07, 6.45) is 3.75. The van der Waals surface area contributed by atoms with Crippen molar-refractivity contribution >= 4 is 57.2 Å². The Morgan fingerprint density at radius 1 is 0.440 bits per heavy atom. The minimum Gasteiger partial charge on any atom is -0.457 e. The van der Waals surface area contributed by atoms with Crippen LogP contribution in [0.15, 0.2) is 133 Å². The second-order valence-electron chi connectivity index (χ2n) is 12.0. The number of nitrogens with zero attached hydrogens (tertiary/aromatic N) is 2. The van der Waals surface area contributed by atoms with Crippen molar-refractivity contribution in [3.05, 3.63) is 167 Å². The molecule has 0 atom stereocenters. The molecule has 0 bridgehead atoms. The van der Waals surface area contributed by atoms with Gasteiger partial charge in [0.25, 0.3) is 11.8 Å². The summed E-state index contributed by atoms with van der Waals surface area (Å²) in [7, 11) is 0. The number of amides is 2. The Balaban J connectivity index is 0.887. The van der Waals surface area contributed by atoms with E-state index >= 15 is 0 Å². The van der Waals surface area contributed by atoms with Crippen LogP contribution in [-0.4, -0.2) is 21.8 Å². The molecule has 0 spiro atoms. The molecule has 238 valence electrons. The number of nitrogens with one attached hydrogen (secondary N) is 2. The van der Waals surface area contributed by atoms with Gasteiger partial charge in [-0.1, -0.05) is 48.5 Å². The Hall–Kier alpha value is -7.06. The van der Waals surface area contributed by atoms with Crippen molar-refractivity contribution in [2.75, 3.05) is 0 Å². The molecule has 0 saturated carbocycles. The fourth-order valence-corrected chi connectivity index (χ4v) is 6.23. The fourth-order valence-electron chi connectivity index (χ4n) is 6.23. The van der Waals surface area contributed by atoms with Crippen LogP contribution in [-0.2, 0) is 0 Å². The first-order chi connectivity index (χ1) is 24.5. The summed E-state index contributed by atoms with van der Waals surface area (Å²) in [5, 5.41) is 8.02. The van der Waals surface area contributed by atoms with Gasteiger partial charge in [-0.25, -0.2) is 9.97 Å². The van der Waals surface area contributed by atoms with E-state index in [0.717, 1.165) is 44.3 Å². The number of carbonyl (C=O) groups is 2. The van der Waals surface area contributed by atoms with E-state index in [1.165, 1.54) is 0 Å². The van der Waals surface area contributed by atoms with E-state index in [9.17, 15) is 9.59 Å². The molecule has 2 aliphatic heterocycles. The lowest BCUT2D eigenvalue weighted by atomic mass is 10.1. The van der Waals surface area contributed by atoms with Crippen molar-refractivity contribution in [3.63, 3.8) is 0 Å². The van der Waals surface area contributed by atoms with Crippen LogP contribution in [0.5, 0.6) is 23.0 Å². The zero-order chi connectivity index (χ0) is 33.6. The molecule has 9 rings (SSSR count). The van der Waals surface area contributed by atoms with E-state index in [2.05, 4.69) is 10.6 Å². The largest absolute Gasteiger partial charge is 0.457 e. The van der Waals surface area contributed by atoms with Gasteiger partial charge in [-0.15, -0.1) is 0 Å². The molecule has 2 amide bonds. The highest BCUT2D eigenvalue weighted by atomic mass is 16.5. The lowest BCUT2D eigenvalue weighted by Gasteiger charge is -2.10. The second kappa shape index (κ2) is 11.9. The van der Waals surface area contributed by atoms with Crippen LogP contribution in [0, 0.1) is 0 Å². The van der Waals surface area contributed by atoms with Gasteiger partial charge in [0.05, 0.1) is 44.9 Å². The predicted molar refractivity (Wildman–Crippen MR) is 194 cm³/mol. The maximum atomic E-state index is 12.9. The summed E-state index contributed by atoms with van der Waals surface area (Å²) >= 11 is 0. The molecule has 0 radical (unpaired) electrons. The molecular weight excluding hydrogens is 624 g/mol. The summed E-state index contributed by atoms with van der Waals surface area (Å²) < 4.78 is 12.2. The Kier molecular flexibility index (Phi) is 6.91. The van der Waals surface area contributed by atoms with Crippen LogP contribution in [0.1, 0.15) is 43.2 Å². The van der Waals surface area contributed by atoms with Crippen molar-refractivity contribution in [2.45, 2.75) is 0 Å². The van der Waals surface area contributed by atoms with Gasteiger partial charge < -0.3 is 20.1 Å². The Morgan fingerprint density at radius 2 is 0.860 bits per heavy atom. The van der Waals surface area contributed by atoms with E-state index < -0.39 is 0 Å². The molecule has 7 aromatic rings. The number of hydrogen-bond acceptors (Lipinski definition) is 6. The lowest BCUT2D eigenvalue weighted by Crippen LogP contribution is -2.12. The highest BCUT2D eigenvalue weighted by Crippen LogP contribution is 2.34. The molecule has 2 aromatic heterocycles. The fraction of sp³-hybridized carbons (Fsp3) is 0. The highest BCUT2D eigenvalue weighted by Gasteiger charge is 2.26. The monoisotopic (exact) mass is 650 g/mol. The quantitative estimate of drug-likeness (QED) is 0.186. The number of hydrogen-bond donors (Lipinski definition) is 2. The maximum Gasteiger partial charge on any atom is 0.256 e. The van der Waals surface area contributed by atoms with Gasteiger partial charge >= 0.3 is 0 Å². The van der Waals surface area contributed by atoms with Gasteiger partial charge in [0, 0.05) is 21.9 Å². The molecule has 5 aromatic carbocycles. The summed E-state index contributed by atoms with van der Waals surface area (Å²) in [5.74, 6) is 1.83. The third kappa shape index (κ3) is 5.50. The molecule has 8 heteroatoms. The molecule has 0 fully saturated rings. The molecule has 50 heavy (non-hydrogen) atoms. The third-order valence-corrected chi connectivity index (χ3v) is 8.67. The van der Waals surface area contributed by atoms with Crippen LogP contribution in [0.2, 0.25) is 0 Å². The van der Waals surface area contributed by atoms with E-state index in [0.29, 0.717) is 45.5 Å². The number of fused-ring (bicyclic) bond motifs is 4. The minimum absolute atomic E-state index is 0.197. The number of rotatable bonds is 6. The normalized spacial score (nSPS) is 14.9. The van der Waals surface area contributed by atoms with Crippen molar-refractivity contribution in [3.8, 4) is 23.0 Å². The number of carbonyl (C=O) groups excluding carboxylic acids is 2. The van der Waals surface area contributed by atoms with Gasteiger partial charge in [-0.2, -0.15) is 0 Å². The first-order valence-electron chi connectivity index (χ1n) is 16.0. The highest BCUT2D eigenvalue weighted by molar-refractivity contribution is 6.13. The first kappa shape index (κ1) is 29.1. The van der Waals surface area contributed by atoms with Gasteiger partial charge in [0.1, 0.15) is 23.0 Å². The molecule has 0 unspecified atom stereocenters. The predicted octanol–water partition coefficient (Wildman–Crippen LogP) is 8.85. The van der Waals surface area contributed by atoms with Crippen LogP contribution in [0.4, 0.5) is 0 Å². The van der Waals surface area contributed by atoms with Crippen molar-refractivity contribution < 1.29 is 19.1 Å². The molecule has 0 aliphatic carbocycles. The van der Waals surface area contributed by atoms with Crippen LogP contribution in [0.3, 0.4) is 0 Å². The van der Waals surface area contributed by atoms with Crippen LogP contribution in [0.25, 0.3) is 45.4 Å². The molecule has 2 N–H and O–H groups in total. The smallest absolute Gasteiger partial charge is 0.256 e. The number of benzene rings is 5. The van der Waals surface area contributed by atoms with E-state index in [4.69, 9.17) is 19.4 Å². The van der Waals surface area contributed by atoms with Crippen molar-refractivity contribution in [1.82, 2.24) is 20.6 Å². The number of ether oxygens (including phenoxy) is 2. The topological polar surface area (TPSA) is 102 Å². The molecule has 0 saturated heterocycles. The van der Waals surface area contributed by atoms with Crippen molar-refractivity contribution in [1.29, 1.82) is 0 Å². The second-order valence-corrected chi connectivity index (χ2v) is 12.0. The van der Waals surface area contributed by atoms with Crippen LogP contribution < -0.4 is 20.1 Å². The average molecular weight is 651 g/mol. The summed E-state index contributed by atoms with van der Waals surface area (Å²) in [6.45, 7) is 0. The van der Waals surface area contributed by atoms with Crippen LogP contribution >= 0.6 is 0 Å². The maximum absolute atomic E-state index is 12.9. The van der Waals surface area contributed by atoms with Gasteiger partial charge in [-0.3, -0.25) is 9.59 Å². The number of para-hydroxylation sites is 2. The number of aromatic nitrogens is 2. The summed E-state index contributed by atoms with van der Waals surface area (Å²) in [4.78, 5) is 35.1. The third-order valence-electron chi connectivity index (χ3n) is 8.67. The van der Waals surface area contributed by atoms with Gasteiger partial charge in [-0.05, 0) is 97.1 Å². The molecule has 4 heterocycles. The first-order valence-corrected chi connectivity index (χ1v) is 16.0. The SMILES string of the molecule is O=C1NC(=Cc2ccc3ccccc3n2)c2ccc(Oc3ccc(Oc4ccc5c(c4)C(=O)NC5=Cc4ccc5ccccc5n4)cc3)cc21. The summed E-state index contributed by atoms with van der Waals surface area (Å²) in [6, 6.07) is 41.8. The average Bonchev–Trinajstić information content (AvgIpc) is 3.62. The van der Waals surface area contributed by atoms with E-state index in [1.807, 2.05) is 109 Å². The molecule has 2 aliphatic rings. The molecule has 8 nitrogen and oxygen atoms in total. The van der Waals surface area contributed by atoms with E-state index in [1.54, 1.807) is 36.4 Å². The number of pyridine rings is 2. The Morgan fingerprint density at radius 3 is 1.32 bits per heavy atom. The van der Waals surface area contributed by atoms with E-state index in [-0.39, 0.29) is 11.8 Å². The zero-order valence-corrected chi connectivity index (χ0v) is 26.4. The summed E-state index contributed by atoms with van der Waals surface area (Å²) in [5.41, 5.74) is 7.32. The molecular formula is C42H26N4O4. The zero-order valence-electron chi connectivity index (χ0n) is 26.4. The standard InChI is InChI=1S/C42H26N4O4/c47-41-35-23-31(17-19-33(35)39(45-41)21-27-11-9-25-5-1-3-7-37(25)43-27)49-29-13-15-30(16-14-29)50-32-18-20-34-36(24-32)42(48)46-40(34)22-28-12-10-26-6-2-4-8-38(26)44-28/h1-24H,(H,45,47)(H,46,48). The van der Waals surface area contributed by atoms with Gasteiger partial charge in [0.2, 0.25) is 0 Å².